The van der Waals surface area contributed by atoms with Crippen LogP contribution in [0.5, 0.6) is 0 Å². The molecule has 0 saturated heterocycles. The minimum atomic E-state index is -0.184. The number of halogens is 1. The van der Waals surface area contributed by atoms with Crippen LogP contribution in [0.15, 0.2) is 59.5 Å². The zero-order valence-corrected chi connectivity index (χ0v) is 10.2. The fourth-order valence-corrected chi connectivity index (χ4v) is 2.22. The van der Waals surface area contributed by atoms with E-state index in [1.807, 2.05) is 42.5 Å². The van der Waals surface area contributed by atoms with Crippen LogP contribution in [0.25, 0.3) is 0 Å². The van der Waals surface area contributed by atoms with Crippen LogP contribution in [-0.2, 0) is 0 Å². The molecular formula is C14H14FNS. The SMILES string of the molecule is Fc1ccc(SCCNc2ccccc2)cc1. The van der Waals surface area contributed by atoms with Gasteiger partial charge >= 0.3 is 0 Å². The molecule has 0 bridgehead atoms. The molecule has 1 N–H and O–H groups in total. The number of thioether (sulfide) groups is 1. The van der Waals surface area contributed by atoms with Crippen molar-refractivity contribution >= 4 is 17.4 Å². The lowest BCUT2D eigenvalue weighted by Gasteiger charge is -2.05. The number of hydrogen-bond donors (Lipinski definition) is 1. The van der Waals surface area contributed by atoms with Crippen molar-refractivity contribution in [3.05, 3.63) is 60.4 Å². The minimum absolute atomic E-state index is 0.184. The van der Waals surface area contributed by atoms with Gasteiger partial charge in [-0.2, -0.15) is 0 Å². The summed E-state index contributed by atoms with van der Waals surface area (Å²) in [6.45, 7) is 0.895. The summed E-state index contributed by atoms with van der Waals surface area (Å²) in [4.78, 5) is 1.10. The van der Waals surface area contributed by atoms with Crippen LogP contribution in [0.3, 0.4) is 0 Å². The Hall–Kier alpha value is -1.48. The molecule has 0 spiro atoms. The Bertz CT molecular complexity index is 442. The van der Waals surface area contributed by atoms with E-state index in [-0.39, 0.29) is 5.82 Å². The smallest absolute Gasteiger partial charge is 0.123 e. The van der Waals surface area contributed by atoms with Crippen LogP contribution in [-0.4, -0.2) is 12.3 Å². The van der Waals surface area contributed by atoms with Gasteiger partial charge in [0.2, 0.25) is 0 Å². The maximum absolute atomic E-state index is 12.7. The van der Waals surface area contributed by atoms with Gasteiger partial charge in [-0.1, -0.05) is 18.2 Å². The molecule has 0 aliphatic heterocycles. The minimum Gasteiger partial charge on any atom is -0.384 e. The molecule has 3 heteroatoms. The van der Waals surface area contributed by atoms with Crippen molar-refractivity contribution in [2.45, 2.75) is 4.90 Å². The quantitative estimate of drug-likeness (QED) is 0.632. The second-order valence-corrected chi connectivity index (χ2v) is 4.76. The highest BCUT2D eigenvalue weighted by Crippen LogP contribution is 2.17. The van der Waals surface area contributed by atoms with E-state index in [0.29, 0.717) is 0 Å². The number of anilines is 1. The van der Waals surface area contributed by atoms with Crippen LogP contribution >= 0.6 is 11.8 Å². The molecule has 0 aliphatic rings. The van der Waals surface area contributed by atoms with Crippen LogP contribution in [0, 0.1) is 5.82 Å². The molecule has 88 valence electrons. The van der Waals surface area contributed by atoms with Gasteiger partial charge in [0.25, 0.3) is 0 Å². The molecule has 0 radical (unpaired) electrons. The van der Waals surface area contributed by atoms with Crippen LogP contribution in [0.4, 0.5) is 10.1 Å². The lowest BCUT2D eigenvalue weighted by molar-refractivity contribution is 0.626. The van der Waals surface area contributed by atoms with E-state index >= 15 is 0 Å². The second-order valence-electron chi connectivity index (χ2n) is 3.60. The van der Waals surface area contributed by atoms with Gasteiger partial charge in [0.1, 0.15) is 5.82 Å². The molecule has 2 rings (SSSR count). The maximum Gasteiger partial charge on any atom is 0.123 e. The molecule has 0 heterocycles. The molecule has 2 aromatic rings. The molecule has 0 unspecified atom stereocenters. The van der Waals surface area contributed by atoms with E-state index in [4.69, 9.17) is 0 Å². The molecule has 0 atom stereocenters. The fraction of sp³-hybridized carbons (Fsp3) is 0.143. The summed E-state index contributed by atoms with van der Waals surface area (Å²) in [5.41, 5.74) is 1.13. The average molecular weight is 247 g/mol. The molecule has 0 saturated carbocycles. The topological polar surface area (TPSA) is 12.0 Å². The highest BCUT2D eigenvalue weighted by atomic mass is 32.2. The van der Waals surface area contributed by atoms with Crippen LogP contribution in [0.1, 0.15) is 0 Å². The normalized spacial score (nSPS) is 10.2. The summed E-state index contributed by atoms with van der Waals surface area (Å²) < 4.78 is 12.7. The maximum atomic E-state index is 12.7. The molecule has 2 aromatic carbocycles. The van der Waals surface area contributed by atoms with Gasteiger partial charge in [-0.15, -0.1) is 11.8 Å². The van der Waals surface area contributed by atoms with E-state index in [1.165, 1.54) is 12.1 Å². The van der Waals surface area contributed by atoms with E-state index in [0.717, 1.165) is 22.9 Å². The predicted octanol–water partition coefficient (Wildman–Crippen LogP) is 4.03. The first-order chi connectivity index (χ1) is 8.34. The van der Waals surface area contributed by atoms with E-state index in [9.17, 15) is 4.39 Å². The zero-order chi connectivity index (χ0) is 11.9. The van der Waals surface area contributed by atoms with Crippen molar-refractivity contribution in [2.75, 3.05) is 17.6 Å². The Morgan fingerprint density at radius 3 is 2.35 bits per heavy atom. The summed E-state index contributed by atoms with van der Waals surface area (Å²) in [6.07, 6.45) is 0. The Balaban J connectivity index is 1.71. The molecule has 0 amide bonds. The highest BCUT2D eigenvalue weighted by Gasteiger charge is 1.95. The monoisotopic (exact) mass is 247 g/mol. The van der Waals surface area contributed by atoms with E-state index in [1.54, 1.807) is 11.8 Å². The Morgan fingerprint density at radius 2 is 1.65 bits per heavy atom. The van der Waals surface area contributed by atoms with Gasteiger partial charge in [-0.3, -0.25) is 0 Å². The second kappa shape index (κ2) is 6.30. The molecule has 1 nitrogen and oxygen atoms in total. The summed E-state index contributed by atoms with van der Waals surface area (Å²) in [5.74, 6) is 0.775. The molecule has 0 aliphatic carbocycles. The standard InChI is InChI=1S/C14H14FNS/c15-12-6-8-14(9-7-12)17-11-10-16-13-4-2-1-3-5-13/h1-9,16H,10-11H2. The zero-order valence-electron chi connectivity index (χ0n) is 9.40. The predicted molar refractivity (Wildman–Crippen MR) is 72.1 cm³/mol. The first-order valence-electron chi connectivity index (χ1n) is 5.52. The van der Waals surface area contributed by atoms with Gasteiger partial charge in [0.15, 0.2) is 0 Å². The highest BCUT2D eigenvalue weighted by molar-refractivity contribution is 7.99. The summed E-state index contributed by atoms with van der Waals surface area (Å²) in [7, 11) is 0. The van der Waals surface area contributed by atoms with E-state index in [2.05, 4.69) is 5.32 Å². The molecule has 0 fully saturated rings. The van der Waals surface area contributed by atoms with Crippen molar-refractivity contribution < 1.29 is 4.39 Å². The lowest BCUT2D eigenvalue weighted by Crippen LogP contribution is -2.03. The molecule has 17 heavy (non-hydrogen) atoms. The van der Waals surface area contributed by atoms with Gasteiger partial charge < -0.3 is 5.32 Å². The Labute approximate surface area is 105 Å². The first kappa shape index (κ1) is 12.0. The first-order valence-corrected chi connectivity index (χ1v) is 6.50. The third-order valence-electron chi connectivity index (χ3n) is 2.29. The number of hydrogen-bond acceptors (Lipinski definition) is 2. The van der Waals surface area contributed by atoms with E-state index < -0.39 is 0 Å². The lowest BCUT2D eigenvalue weighted by atomic mass is 10.3. The van der Waals surface area contributed by atoms with Gasteiger partial charge in [0, 0.05) is 22.9 Å². The van der Waals surface area contributed by atoms with Crippen molar-refractivity contribution in [3.63, 3.8) is 0 Å². The average Bonchev–Trinajstić information content (AvgIpc) is 2.38. The number of nitrogens with one attached hydrogen (secondary N) is 1. The number of para-hydroxylation sites is 1. The molecule has 0 aromatic heterocycles. The fourth-order valence-electron chi connectivity index (χ4n) is 1.45. The summed E-state index contributed by atoms with van der Waals surface area (Å²) in [5, 5.41) is 3.33. The molecular weight excluding hydrogens is 233 g/mol. The number of benzene rings is 2. The largest absolute Gasteiger partial charge is 0.384 e. The Morgan fingerprint density at radius 1 is 0.941 bits per heavy atom. The third-order valence-corrected chi connectivity index (χ3v) is 3.30. The summed E-state index contributed by atoms with van der Waals surface area (Å²) >= 11 is 1.72. The van der Waals surface area contributed by atoms with Crippen molar-refractivity contribution in [2.24, 2.45) is 0 Å². The number of rotatable bonds is 5. The summed E-state index contributed by atoms with van der Waals surface area (Å²) in [6, 6.07) is 16.7. The van der Waals surface area contributed by atoms with Crippen molar-refractivity contribution in [3.8, 4) is 0 Å². The van der Waals surface area contributed by atoms with Crippen molar-refractivity contribution in [1.29, 1.82) is 0 Å². The van der Waals surface area contributed by atoms with Gasteiger partial charge in [-0.05, 0) is 36.4 Å². The third kappa shape index (κ3) is 4.11. The van der Waals surface area contributed by atoms with Crippen LogP contribution in [0.2, 0.25) is 0 Å². The Kier molecular flexibility index (Phi) is 4.45. The van der Waals surface area contributed by atoms with Gasteiger partial charge in [0.05, 0.1) is 0 Å². The van der Waals surface area contributed by atoms with Crippen LogP contribution < -0.4 is 5.32 Å². The van der Waals surface area contributed by atoms with Gasteiger partial charge in [-0.25, -0.2) is 4.39 Å². The van der Waals surface area contributed by atoms with Crippen molar-refractivity contribution in [1.82, 2.24) is 0 Å².